The van der Waals surface area contributed by atoms with Crippen LogP contribution in [0.2, 0.25) is 0 Å². The molecule has 0 radical (unpaired) electrons. The zero-order valence-corrected chi connectivity index (χ0v) is 12.9. The van der Waals surface area contributed by atoms with E-state index in [1.54, 1.807) is 35.9 Å². The topological polar surface area (TPSA) is 72.7 Å². The summed E-state index contributed by atoms with van der Waals surface area (Å²) in [5.41, 5.74) is 0.501. The lowest BCUT2D eigenvalue weighted by molar-refractivity contribution is -0.110. The number of rotatable bonds is 3. The van der Waals surface area contributed by atoms with Gasteiger partial charge in [-0.15, -0.1) is 0 Å². The second kappa shape index (κ2) is 6.15. The van der Waals surface area contributed by atoms with E-state index in [9.17, 15) is 9.59 Å². The third-order valence-electron chi connectivity index (χ3n) is 3.29. The standard InChI is InChI=1S/C15H15N3O3S/c1-21-11-5-3-10(4-6-11)17-13(19)9-12-14(20)18-8-2-7-16-15(18)22-12/h3-6,9H,2,7-8H2,1H3,(H,17,19). The first kappa shape index (κ1) is 14.5. The molecule has 6 nitrogen and oxygen atoms in total. The average molecular weight is 317 g/mol. The van der Waals surface area contributed by atoms with E-state index in [0.717, 1.165) is 13.0 Å². The van der Waals surface area contributed by atoms with Crippen LogP contribution in [0.4, 0.5) is 5.69 Å². The van der Waals surface area contributed by atoms with Crippen molar-refractivity contribution in [1.82, 2.24) is 4.57 Å². The summed E-state index contributed by atoms with van der Waals surface area (Å²) in [5, 5.41) is 2.73. The molecular weight excluding hydrogens is 302 g/mol. The third-order valence-corrected chi connectivity index (χ3v) is 4.34. The van der Waals surface area contributed by atoms with Gasteiger partial charge in [-0.3, -0.25) is 19.1 Å². The van der Waals surface area contributed by atoms with Gasteiger partial charge in [0.25, 0.3) is 5.56 Å². The van der Waals surface area contributed by atoms with Crippen molar-refractivity contribution >= 4 is 29.0 Å². The molecule has 0 saturated heterocycles. The molecule has 1 aliphatic rings. The molecule has 1 N–H and O–H groups in total. The highest BCUT2D eigenvalue weighted by molar-refractivity contribution is 7.07. The monoisotopic (exact) mass is 317 g/mol. The predicted octanol–water partition coefficient (Wildman–Crippen LogP) is 0.361. The smallest absolute Gasteiger partial charge is 0.270 e. The summed E-state index contributed by atoms with van der Waals surface area (Å²) in [6, 6.07) is 7.00. The summed E-state index contributed by atoms with van der Waals surface area (Å²) in [7, 11) is 1.58. The normalized spacial score (nSPS) is 14.1. The molecule has 1 aromatic heterocycles. The van der Waals surface area contributed by atoms with Crippen LogP contribution in [0.15, 0.2) is 34.1 Å². The highest BCUT2D eigenvalue weighted by atomic mass is 32.1. The number of nitrogens with one attached hydrogen (secondary N) is 1. The van der Waals surface area contributed by atoms with E-state index < -0.39 is 0 Å². The number of anilines is 1. The van der Waals surface area contributed by atoms with E-state index in [1.165, 1.54) is 17.4 Å². The van der Waals surface area contributed by atoms with Crippen LogP contribution in [0.3, 0.4) is 0 Å². The van der Waals surface area contributed by atoms with E-state index in [1.807, 2.05) is 0 Å². The number of ether oxygens (including phenoxy) is 1. The molecule has 7 heteroatoms. The van der Waals surface area contributed by atoms with Gasteiger partial charge in [-0.05, 0) is 30.7 Å². The van der Waals surface area contributed by atoms with Crippen LogP contribution < -0.4 is 24.9 Å². The Bertz CT molecular complexity index is 865. The second-order valence-electron chi connectivity index (χ2n) is 4.80. The van der Waals surface area contributed by atoms with Gasteiger partial charge in [0.1, 0.15) is 10.3 Å². The number of hydrogen-bond donors (Lipinski definition) is 1. The lowest BCUT2D eigenvalue weighted by Gasteiger charge is -2.03. The van der Waals surface area contributed by atoms with Gasteiger partial charge in [-0.2, -0.15) is 0 Å². The number of benzene rings is 1. The summed E-state index contributed by atoms with van der Waals surface area (Å²) in [4.78, 5) is 29.2. The van der Waals surface area contributed by atoms with Crippen LogP contribution in [-0.4, -0.2) is 24.1 Å². The maximum absolute atomic E-state index is 12.2. The fourth-order valence-electron chi connectivity index (χ4n) is 2.20. The van der Waals surface area contributed by atoms with Gasteiger partial charge in [-0.25, -0.2) is 0 Å². The number of nitrogens with zero attached hydrogens (tertiary/aromatic N) is 2. The van der Waals surface area contributed by atoms with Crippen molar-refractivity contribution in [3.8, 4) is 5.75 Å². The highest BCUT2D eigenvalue weighted by Crippen LogP contribution is 2.14. The number of carbonyl (C=O) groups excluding carboxylic acids is 1. The van der Waals surface area contributed by atoms with Crippen molar-refractivity contribution < 1.29 is 9.53 Å². The fourth-order valence-corrected chi connectivity index (χ4v) is 3.20. The van der Waals surface area contributed by atoms with Gasteiger partial charge in [0.2, 0.25) is 5.91 Å². The lowest BCUT2D eigenvalue weighted by atomic mass is 10.3. The minimum atomic E-state index is -0.332. The van der Waals surface area contributed by atoms with E-state index in [0.29, 0.717) is 27.3 Å². The highest BCUT2D eigenvalue weighted by Gasteiger charge is 2.09. The van der Waals surface area contributed by atoms with Crippen molar-refractivity contribution in [2.45, 2.75) is 13.0 Å². The summed E-state index contributed by atoms with van der Waals surface area (Å²) >= 11 is 1.25. The van der Waals surface area contributed by atoms with Crippen molar-refractivity contribution in [2.75, 3.05) is 19.0 Å². The van der Waals surface area contributed by atoms with E-state index in [2.05, 4.69) is 10.3 Å². The van der Waals surface area contributed by atoms with E-state index in [-0.39, 0.29) is 11.5 Å². The Kier molecular flexibility index (Phi) is 4.06. The number of thiazole rings is 1. The molecule has 114 valence electrons. The van der Waals surface area contributed by atoms with Gasteiger partial charge in [0.15, 0.2) is 4.80 Å². The maximum Gasteiger partial charge on any atom is 0.270 e. The minimum Gasteiger partial charge on any atom is -0.497 e. The van der Waals surface area contributed by atoms with Crippen LogP contribution in [0, 0.1) is 0 Å². The summed E-state index contributed by atoms with van der Waals surface area (Å²) in [5.74, 6) is 0.384. The number of methoxy groups -OCH3 is 1. The summed E-state index contributed by atoms with van der Waals surface area (Å²) in [6.45, 7) is 1.40. The van der Waals surface area contributed by atoms with E-state index >= 15 is 0 Å². The van der Waals surface area contributed by atoms with Crippen LogP contribution in [0.5, 0.6) is 5.75 Å². The molecule has 22 heavy (non-hydrogen) atoms. The Morgan fingerprint density at radius 1 is 1.41 bits per heavy atom. The van der Waals surface area contributed by atoms with Crippen molar-refractivity contribution in [3.05, 3.63) is 44.0 Å². The fraction of sp³-hybridized carbons (Fsp3) is 0.267. The van der Waals surface area contributed by atoms with Crippen LogP contribution in [0.25, 0.3) is 6.08 Å². The Morgan fingerprint density at radius 2 is 2.18 bits per heavy atom. The van der Waals surface area contributed by atoms with Gasteiger partial charge < -0.3 is 10.1 Å². The molecule has 2 aromatic rings. The number of fused-ring (bicyclic) bond motifs is 1. The SMILES string of the molecule is COc1ccc(NC(=O)C=c2sc3n(c2=O)CCCN=3)cc1. The average Bonchev–Trinajstić information content (AvgIpc) is 2.84. The Labute approximate surface area is 130 Å². The first-order valence-corrected chi connectivity index (χ1v) is 7.70. The third kappa shape index (κ3) is 2.94. The lowest BCUT2D eigenvalue weighted by Crippen LogP contribution is -2.34. The molecule has 1 amide bonds. The zero-order valence-electron chi connectivity index (χ0n) is 12.0. The number of hydrogen-bond acceptors (Lipinski definition) is 5. The van der Waals surface area contributed by atoms with Gasteiger partial charge in [0, 0.05) is 24.9 Å². The first-order chi connectivity index (χ1) is 10.7. The molecule has 0 aliphatic carbocycles. The molecule has 0 bridgehead atoms. The molecular formula is C15H15N3O3S. The van der Waals surface area contributed by atoms with Gasteiger partial charge in [-0.1, -0.05) is 11.3 Å². The summed E-state index contributed by atoms with van der Waals surface area (Å²) < 4.78 is 7.09. The number of carbonyl (C=O) groups is 1. The molecule has 0 atom stereocenters. The Hall–Kier alpha value is -2.41. The maximum atomic E-state index is 12.2. The molecule has 1 aromatic carbocycles. The molecule has 0 spiro atoms. The van der Waals surface area contributed by atoms with Crippen molar-refractivity contribution in [1.29, 1.82) is 0 Å². The quantitative estimate of drug-likeness (QED) is 0.888. The Morgan fingerprint density at radius 3 is 2.86 bits per heavy atom. The van der Waals surface area contributed by atoms with Gasteiger partial charge in [0.05, 0.1) is 7.11 Å². The molecule has 2 heterocycles. The van der Waals surface area contributed by atoms with Crippen LogP contribution in [0.1, 0.15) is 6.42 Å². The largest absolute Gasteiger partial charge is 0.497 e. The molecule has 3 rings (SSSR count). The summed E-state index contributed by atoms with van der Waals surface area (Å²) in [6.07, 6.45) is 2.19. The number of amides is 1. The number of aromatic nitrogens is 1. The van der Waals surface area contributed by atoms with Crippen molar-refractivity contribution in [3.63, 3.8) is 0 Å². The second-order valence-corrected chi connectivity index (χ2v) is 5.81. The molecule has 0 fully saturated rings. The minimum absolute atomic E-state index is 0.145. The van der Waals surface area contributed by atoms with Crippen LogP contribution in [-0.2, 0) is 11.3 Å². The van der Waals surface area contributed by atoms with E-state index in [4.69, 9.17) is 4.74 Å². The Balaban J connectivity index is 1.84. The zero-order chi connectivity index (χ0) is 15.5. The van der Waals surface area contributed by atoms with Crippen molar-refractivity contribution in [2.24, 2.45) is 4.99 Å². The first-order valence-electron chi connectivity index (χ1n) is 6.88. The predicted molar refractivity (Wildman–Crippen MR) is 84.9 cm³/mol. The van der Waals surface area contributed by atoms with Crippen LogP contribution >= 0.6 is 11.3 Å². The molecule has 1 aliphatic heterocycles. The molecule has 0 saturated carbocycles. The van der Waals surface area contributed by atoms with Gasteiger partial charge >= 0.3 is 0 Å². The molecule has 0 unspecified atom stereocenters.